The molecule has 1 N–H and O–H groups in total. The van der Waals surface area contributed by atoms with Crippen LogP contribution in [0.15, 0.2) is 16.9 Å². The Labute approximate surface area is 76.1 Å². The second kappa shape index (κ2) is 4.09. The van der Waals surface area contributed by atoms with E-state index in [1.807, 2.05) is 0 Å². The molecule has 0 bridgehead atoms. The fourth-order valence-corrected chi connectivity index (χ4v) is 1.06. The third-order valence-electron chi connectivity index (χ3n) is 1.84. The quantitative estimate of drug-likeness (QED) is 0.716. The van der Waals surface area contributed by atoms with Crippen LogP contribution in [0.2, 0.25) is 0 Å². The first-order valence-corrected chi connectivity index (χ1v) is 3.92. The molecule has 0 saturated carbocycles. The van der Waals surface area contributed by atoms with Gasteiger partial charge in [0.15, 0.2) is 0 Å². The molecule has 0 spiro atoms. The maximum absolute atomic E-state index is 10.8. The van der Waals surface area contributed by atoms with Gasteiger partial charge in [-0.2, -0.15) is 0 Å². The monoisotopic (exact) mass is 184 g/mol. The van der Waals surface area contributed by atoms with E-state index in [4.69, 9.17) is 4.42 Å². The highest BCUT2D eigenvalue weighted by Crippen LogP contribution is 2.21. The Morgan fingerprint density at radius 2 is 2.38 bits per heavy atom. The molecular weight excluding hydrogens is 172 g/mol. The smallest absolute Gasteiger partial charge is 0.308 e. The summed E-state index contributed by atoms with van der Waals surface area (Å²) in [6.45, 7) is 1.80. The summed E-state index contributed by atoms with van der Waals surface area (Å²) in [7, 11) is 1.29. The molecule has 0 amide bonds. The molecule has 1 aromatic heterocycles. The van der Waals surface area contributed by atoms with Gasteiger partial charge >= 0.3 is 5.97 Å². The number of aliphatic hydroxyl groups is 1. The van der Waals surface area contributed by atoms with Gasteiger partial charge in [0.25, 0.3) is 0 Å². The highest BCUT2D eigenvalue weighted by Gasteiger charge is 2.16. The summed E-state index contributed by atoms with van der Waals surface area (Å²) in [5.74, 6) is -0.437. The molecule has 4 nitrogen and oxygen atoms in total. The lowest BCUT2D eigenvalue weighted by atomic mass is 10.1. The minimum absolute atomic E-state index is 0.0448. The predicted molar refractivity (Wildman–Crippen MR) is 45.0 cm³/mol. The van der Waals surface area contributed by atoms with Gasteiger partial charge in [0.05, 0.1) is 32.2 Å². The van der Waals surface area contributed by atoms with E-state index in [0.29, 0.717) is 5.56 Å². The first kappa shape index (κ1) is 9.80. The molecule has 0 fully saturated rings. The van der Waals surface area contributed by atoms with Crippen LogP contribution in [0.25, 0.3) is 0 Å². The van der Waals surface area contributed by atoms with Gasteiger partial charge < -0.3 is 14.3 Å². The molecule has 13 heavy (non-hydrogen) atoms. The first-order valence-electron chi connectivity index (χ1n) is 3.92. The van der Waals surface area contributed by atoms with Crippen LogP contribution in [0.4, 0.5) is 0 Å². The zero-order valence-electron chi connectivity index (χ0n) is 7.61. The van der Waals surface area contributed by atoms with E-state index in [1.54, 1.807) is 6.92 Å². The zero-order valence-corrected chi connectivity index (χ0v) is 7.61. The number of rotatable bonds is 3. The van der Waals surface area contributed by atoms with Crippen molar-refractivity contribution in [1.82, 2.24) is 0 Å². The molecule has 1 atom stereocenters. The van der Waals surface area contributed by atoms with Crippen LogP contribution < -0.4 is 0 Å². The third kappa shape index (κ3) is 2.32. The van der Waals surface area contributed by atoms with Gasteiger partial charge in [-0.05, 0) is 12.5 Å². The van der Waals surface area contributed by atoms with E-state index >= 15 is 0 Å². The van der Waals surface area contributed by atoms with E-state index in [-0.39, 0.29) is 6.42 Å². The largest absolute Gasteiger partial charge is 0.472 e. The van der Waals surface area contributed by atoms with Crippen molar-refractivity contribution in [3.8, 4) is 0 Å². The molecule has 1 heterocycles. The van der Waals surface area contributed by atoms with Crippen molar-refractivity contribution in [2.75, 3.05) is 7.11 Å². The standard InChI is InChI=1S/C9H12O4/c1-6-4-13-5-7(6)8(10)3-9(11)12-2/h4-5,8,10H,3H2,1-2H3/t8-/m1/s1. The topological polar surface area (TPSA) is 59.7 Å². The molecule has 0 radical (unpaired) electrons. The fourth-order valence-electron chi connectivity index (χ4n) is 1.06. The number of hydrogen-bond acceptors (Lipinski definition) is 4. The van der Waals surface area contributed by atoms with Crippen LogP contribution in [0.5, 0.6) is 0 Å². The Balaban J connectivity index is 2.63. The van der Waals surface area contributed by atoms with Crippen molar-refractivity contribution in [2.45, 2.75) is 19.4 Å². The molecule has 0 unspecified atom stereocenters. The summed E-state index contributed by atoms with van der Waals surface area (Å²) in [5, 5.41) is 9.53. The molecule has 0 saturated heterocycles. The summed E-state index contributed by atoms with van der Waals surface area (Å²) in [6.07, 6.45) is 2.07. The van der Waals surface area contributed by atoms with E-state index in [2.05, 4.69) is 4.74 Å². The maximum atomic E-state index is 10.8. The van der Waals surface area contributed by atoms with Crippen LogP contribution in [0.3, 0.4) is 0 Å². The number of aryl methyl sites for hydroxylation is 1. The second-order valence-corrected chi connectivity index (χ2v) is 2.81. The third-order valence-corrected chi connectivity index (χ3v) is 1.84. The molecule has 0 aromatic carbocycles. The molecule has 0 aliphatic rings. The van der Waals surface area contributed by atoms with Crippen molar-refractivity contribution in [3.63, 3.8) is 0 Å². The van der Waals surface area contributed by atoms with E-state index in [1.165, 1.54) is 19.6 Å². The van der Waals surface area contributed by atoms with E-state index in [9.17, 15) is 9.90 Å². The van der Waals surface area contributed by atoms with E-state index < -0.39 is 12.1 Å². The number of aliphatic hydroxyl groups excluding tert-OH is 1. The SMILES string of the molecule is COC(=O)C[C@@H](O)c1cocc1C. The van der Waals surface area contributed by atoms with Gasteiger partial charge in [-0.1, -0.05) is 0 Å². The van der Waals surface area contributed by atoms with Crippen LogP contribution in [0, 0.1) is 6.92 Å². The van der Waals surface area contributed by atoms with Crippen molar-refractivity contribution < 1.29 is 19.1 Å². The average molecular weight is 184 g/mol. The highest BCUT2D eigenvalue weighted by molar-refractivity contribution is 5.70. The van der Waals surface area contributed by atoms with Crippen LogP contribution in [-0.2, 0) is 9.53 Å². The Bertz CT molecular complexity index is 290. The Morgan fingerprint density at radius 1 is 1.69 bits per heavy atom. The lowest BCUT2D eigenvalue weighted by Gasteiger charge is -2.07. The number of ether oxygens (including phenoxy) is 1. The summed E-state index contributed by atoms with van der Waals surface area (Å²) < 4.78 is 9.30. The average Bonchev–Trinajstić information content (AvgIpc) is 2.51. The van der Waals surface area contributed by atoms with Gasteiger partial charge in [0.1, 0.15) is 0 Å². The van der Waals surface area contributed by atoms with E-state index in [0.717, 1.165) is 5.56 Å². The summed E-state index contributed by atoms with van der Waals surface area (Å²) >= 11 is 0. The lowest BCUT2D eigenvalue weighted by molar-refractivity contribution is -0.142. The van der Waals surface area contributed by atoms with Gasteiger partial charge in [-0.3, -0.25) is 4.79 Å². The van der Waals surface area contributed by atoms with Gasteiger partial charge in [0.2, 0.25) is 0 Å². The normalized spacial score (nSPS) is 12.5. The summed E-state index contributed by atoms with van der Waals surface area (Å²) in [4.78, 5) is 10.8. The van der Waals surface area contributed by atoms with Crippen molar-refractivity contribution in [3.05, 3.63) is 23.7 Å². The number of methoxy groups -OCH3 is 1. The van der Waals surface area contributed by atoms with Crippen molar-refractivity contribution in [2.24, 2.45) is 0 Å². The predicted octanol–water partition coefficient (Wildman–Crippen LogP) is 1.18. The number of carbonyl (C=O) groups excluding carboxylic acids is 1. The molecule has 1 aromatic rings. The van der Waals surface area contributed by atoms with Crippen LogP contribution in [0.1, 0.15) is 23.7 Å². The van der Waals surface area contributed by atoms with Crippen LogP contribution >= 0.6 is 0 Å². The molecule has 1 rings (SSSR count). The number of furan rings is 1. The minimum Gasteiger partial charge on any atom is -0.472 e. The van der Waals surface area contributed by atoms with Crippen molar-refractivity contribution in [1.29, 1.82) is 0 Å². The summed E-state index contributed by atoms with van der Waals surface area (Å²) in [6, 6.07) is 0. The van der Waals surface area contributed by atoms with Crippen molar-refractivity contribution >= 4 is 5.97 Å². The summed E-state index contributed by atoms with van der Waals surface area (Å²) in [5.41, 5.74) is 1.46. The van der Waals surface area contributed by atoms with Gasteiger partial charge in [0, 0.05) is 5.56 Å². The molecule has 72 valence electrons. The lowest BCUT2D eigenvalue weighted by Crippen LogP contribution is -2.08. The minimum atomic E-state index is -0.841. The Hall–Kier alpha value is -1.29. The molecule has 0 aliphatic carbocycles. The Morgan fingerprint density at radius 3 is 2.85 bits per heavy atom. The zero-order chi connectivity index (χ0) is 9.84. The number of carbonyl (C=O) groups is 1. The maximum Gasteiger partial charge on any atom is 0.308 e. The second-order valence-electron chi connectivity index (χ2n) is 2.81. The number of hydrogen-bond donors (Lipinski definition) is 1. The Kier molecular flexibility index (Phi) is 3.08. The molecule has 4 heteroatoms. The van der Waals surface area contributed by atoms with Crippen LogP contribution in [-0.4, -0.2) is 18.2 Å². The molecular formula is C9H12O4. The first-order chi connectivity index (χ1) is 6.15. The fraction of sp³-hybridized carbons (Fsp3) is 0.444. The highest BCUT2D eigenvalue weighted by atomic mass is 16.5. The number of esters is 1. The van der Waals surface area contributed by atoms with Gasteiger partial charge in [-0.15, -0.1) is 0 Å². The molecule has 0 aliphatic heterocycles. The van der Waals surface area contributed by atoms with Gasteiger partial charge in [-0.25, -0.2) is 0 Å².